The Hall–Kier alpha value is -1.87. The summed E-state index contributed by atoms with van der Waals surface area (Å²) in [5, 5.41) is 0.586. The number of Topliss-reactive ketones (excluding diaryl/α,β-unsaturated/α-hetero) is 1. The Kier molecular flexibility index (Phi) is 3.95. The van der Waals surface area contributed by atoms with Crippen LogP contribution in [0.25, 0.3) is 0 Å². The van der Waals surface area contributed by atoms with E-state index < -0.39 is 0 Å². The molecule has 0 radical (unpaired) electrons. The van der Waals surface area contributed by atoms with Gasteiger partial charge in [0.15, 0.2) is 5.78 Å². The van der Waals surface area contributed by atoms with Gasteiger partial charge in [0.1, 0.15) is 12.4 Å². The van der Waals surface area contributed by atoms with Crippen molar-refractivity contribution in [3.05, 3.63) is 58.9 Å². The largest absolute Gasteiger partial charge is 0.487 e. The molecule has 2 rings (SSSR count). The van der Waals surface area contributed by atoms with E-state index in [0.717, 1.165) is 5.69 Å². The fourth-order valence-corrected chi connectivity index (χ4v) is 1.64. The highest BCUT2D eigenvalue weighted by atomic mass is 35.5. The van der Waals surface area contributed by atoms with Crippen LogP contribution in [-0.2, 0) is 6.61 Å². The molecule has 18 heavy (non-hydrogen) atoms. The first-order chi connectivity index (χ1) is 8.66. The number of carbonyl (C=O) groups excluding carboxylic acids is 1. The number of para-hydroxylation sites is 1. The van der Waals surface area contributed by atoms with Gasteiger partial charge < -0.3 is 4.74 Å². The van der Waals surface area contributed by atoms with Gasteiger partial charge in [-0.2, -0.15) is 0 Å². The highest BCUT2D eigenvalue weighted by Crippen LogP contribution is 2.19. The number of carbonyl (C=O) groups is 1. The molecule has 0 aliphatic rings. The van der Waals surface area contributed by atoms with E-state index in [9.17, 15) is 4.79 Å². The smallest absolute Gasteiger partial charge is 0.163 e. The van der Waals surface area contributed by atoms with Gasteiger partial charge in [0.2, 0.25) is 0 Å². The maximum atomic E-state index is 11.4. The van der Waals surface area contributed by atoms with E-state index >= 15 is 0 Å². The van der Waals surface area contributed by atoms with Gasteiger partial charge in [-0.3, -0.25) is 9.78 Å². The molecule has 0 aliphatic carbocycles. The summed E-state index contributed by atoms with van der Waals surface area (Å²) >= 11 is 5.75. The molecule has 0 amide bonds. The molecule has 0 fully saturated rings. The molecule has 0 unspecified atom stereocenters. The molecule has 1 heterocycles. The Labute approximate surface area is 110 Å². The Morgan fingerprint density at radius 3 is 2.72 bits per heavy atom. The van der Waals surface area contributed by atoms with Crippen molar-refractivity contribution in [2.45, 2.75) is 13.5 Å². The number of hydrogen-bond donors (Lipinski definition) is 0. The van der Waals surface area contributed by atoms with E-state index in [0.29, 0.717) is 22.9 Å². The minimum Gasteiger partial charge on any atom is -0.487 e. The first-order valence-electron chi connectivity index (χ1n) is 5.50. The maximum absolute atomic E-state index is 11.4. The number of nitrogens with zero attached hydrogens (tertiary/aromatic N) is 1. The monoisotopic (exact) mass is 261 g/mol. The average molecular weight is 262 g/mol. The molecular formula is C14H12ClNO2. The molecule has 0 atom stereocenters. The van der Waals surface area contributed by atoms with E-state index in [1.54, 1.807) is 30.5 Å². The minimum atomic E-state index is -0.0188. The van der Waals surface area contributed by atoms with Gasteiger partial charge in [-0.25, -0.2) is 0 Å². The molecule has 0 bridgehead atoms. The number of hydrogen-bond acceptors (Lipinski definition) is 3. The van der Waals surface area contributed by atoms with E-state index in [1.165, 1.54) is 6.92 Å². The molecule has 0 aliphatic heterocycles. The van der Waals surface area contributed by atoms with Crippen LogP contribution < -0.4 is 4.74 Å². The second kappa shape index (κ2) is 5.65. The second-order valence-corrected chi connectivity index (χ2v) is 4.25. The van der Waals surface area contributed by atoms with Gasteiger partial charge in [0, 0.05) is 6.20 Å². The molecule has 0 saturated heterocycles. The number of ether oxygens (including phenoxy) is 1. The van der Waals surface area contributed by atoms with E-state index in [1.807, 2.05) is 12.1 Å². The van der Waals surface area contributed by atoms with Gasteiger partial charge in [-0.1, -0.05) is 23.7 Å². The van der Waals surface area contributed by atoms with Crippen molar-refractivity contribution >= 4 is 17.4 Å². The van der Waals surface area contributed by atoms with E-state index in [2.05, 4.69) is 4.98 Å². The van der Waals surface area contributed by atoms with Gasteiger partial charge in [-0.15, -0.1) is 0 Å². The first kappa shape index (κ1) is 12.6. The number of aromatic nitrogens is 1. The van der Waals surface area contributed by atoms with E-state index in [4.69, 9.17) is 16.3 Å². The van der Waals surface area contributed by atoms with Crippen LogP contribution in [0, 0.1) is 0 Å². The number of benzene rings is 1. The molecule has 0 spiro atoms. The summed E-state index contributed by atoms with van der Waals surface area (Å²) in [5.41, 5.74) is 1.34. The predicted molar refractivity (Wildman–Crippen MR) is 70.0 cm³/mol. The van der Waals surface area contributed by atoms with Crippen molar-refractivity contribution < 1.29 is 9.53 Å². The zero-order chi connectivity index (χ0) is 13.0. The summed E-state index contributed by atoms with van der Waals surface area (Å²) in [6.07, 6.45) is 1.57. The third kappa shape index (κ3) is 3.08. The van der Waals surface area contributed by atoms with Crippen LogP contribution in [0.5, 0.6) is 5.75 Å². The number of ketones is 1. The molecule has 2 aromatic rings. The predicted octanol–water partition coefficient (Wildman–Crippen LogP) is 3.52. The molecule has 1 aromatic carbocycles. The lowest BCUT2D eigenvalue weighted by molar-refractivity contribution is 0.101. The molecule has 0 N–H and O–H groups in total. The minimum absolute atomic E-state index is 0.0188. The summed E-state index contributed by atoms with van der Waals surface area (Å²) in [6, 6.07) is 10.7. The topological polar surface area (TPSA) is 39.2 Å². The summed E-state index contributed by atoms with van der Waals surface area (Å²) in [7, 11) is 0. The Morgan fingerprint density at radius 2 is 2.06 bits per heavy atom. The molecule has 92 valence electrons. The molecular weight excluding hydrogens is 250 g/mol. The quantitative estimate of drug-likeness (QED) is 0.791. The van der Waals surface area contributed by atoms with E-state index in [-0.39, 0.29) is 5.78 Å². The molecule has 0 saturated carbocycles. The Morgan fingerprint density at radius 1 is 1.28 bits per heavy atom. The van der Waals surface area contributed by atoms with Crippen LogP contribution in [0.2, 0.25) is 5.02 Å². The van der Waals surface area contributed by atoms with Crippen molar-refractivity contribution in [2.75, 3.05) is 0 Å². The Balaban J connectivity index is 2.10. The fourth-order valence-electron chi connectivity index (χ4n) is 1.53. The zero-order valence-electron chi connectivity index (χ0n) is 9.89. The standard InChI is InChI=1S/C14H12ClNO2/c1-10(17)13-4-2-3-5-14(13)18-9-12-7-6-11(15)8-16-12/h2-8H,9H2,1H3. The lowest BCUT2D eigenvalue weighted by Gasteiger charge is -2.09. The SMILES string of the molecule is CC(=O)c1ccccc1OCc1ccc(Cl)cn1. The molecule has 3 nitrogen and oxygen atoms in total. The van der Waals surface area contributed by atoms with Gasteiger partial charge >= 0.3 is 0 Å². The van der Waals surface area contributed by atoms with Crippen LogP contribution in [0.3, 0.4) is 0 Å². The maximum Gasteiger partial charge on any atom is 0.163 e. The third-order valence-electron chi connectivity index (χ3n) is 2.43. The summed E-state index contributed by atoms with van der Waals surface area (Å²) in [4.78, 5) is 15.5. The van der Waals surface area contributed by atoms with Crippen LogP contribution in [0.15, 0.2) is 42.6 Å². The lowest BCUT2D eigenvalue weighted by Crippen LogP contribution is -2.02. The van der Waals surface area contributed by atoms with Crippen molar-refractivity contribution in [1.82, 2.24) is 4.98 Å². The first-order valence-corrected chi connectivity index (χ1v) is 5.88. The lowest BCUT2D eigenvalue weighted by atomic mass is 10.1. The Bertz CT molecular complexity index is 552. The number of halogens is 1. The van der Waals surface area contributed by atoms with Crippen molar-refractivity contribution in [2.24, 2.45) is 0 Å². The normalized spacial score (nSPS) is 10.1. The number of rotatable bonds is 4. The number of pyridine rings is 1. The van der Waals surface area contributed by atoms with Crippen molar-refractivity contribution in [3.63, 3.8) is 0 Å². The molecule has 1 aromatic heterocycles. The second-order valence-electron chi connectivity index (χ2n) is 3.81. The van der Waals surface area contributed by atoms with Crippen LogP contribution in [-0.4, -0.2) is 10.8 Å². The van der Waals surface area contributed by atoms with Crippen LogP contribution >= 0.6 is 11.6 Å². The van der Waals surface area contributed by atoms with Crippen LogP contribution in [0.1, 0.15) is 23.0 Å². The van der Waals surface area contributed by atoms with Gasteiger partial charge in [-0.05, 0) is 31.2 Å². The highest BCUT2D eigenvalue weighted by molar-refractivity contribution is 6.30. The van der Waals surface area contributed by atoms with Crippen molar-refractivity contribution in [3.8, 4) is 5.75 Å². The third-order valence-corrected chi connectivity index (χ3v) is 2.65. The highest BCUT2D eigenvalue weighted by Gasteiger charge is 2.07. The van der Waals surface area contributed by atoms with Crippen molar-refractivity contribution in [1.29, 1.82) is 0 Å². The summed E-state index contributed by atoms with van der Waals surface area (Å²) < 4.78 is 5.60. The average Bonchev–Trinajstić information content (AvgIpc) is 2.38. The van der Waals surface area contributed by atoms with Gasteiger partial charge in [0.25, 0.3) is 0 Å². The fraction of sp³-hybridized carbons (Fsp3) is 0.143. The summed E-state index contributed by atoms with van der Waals surface area (Å²) in [6.45, 7) is 1.82. The summed E-state index contributed by atoms with van der Waals surface area (Å²) in [5.74, 6) is 0.552. The zero-order valence-corrected chi connectivity index (χ0v) is 10.6. The van der Waals surface area contributed by atoms with Crippen LogP contribution in [0.4, 0.5) is 0 Å². The molecule has 4 heteroatoms. The van der Waals surface area contributed by atoms with Gasteiger partial charge in [0.05, 0.1) is 16.3 Å².